The lowest BCUT2D eigenvalue weighted by atomic mass is 10.1. The summed E-state index contributed by atoms with van der Waals surface area (Å²) in [5, 5.41) is 0. The molecule has 4 nitrogen and oxygen atoms in total. The van der Waals surface area contributed by atoms with E-state index in [0.717, 1.165) is 5.56 Å². The Morgan fingerprint density at radius 3 is 2.81 bits per heavy atom. The number of nitrogens with zero attached hydrogens (tertiary/aromatic N) is 1. The highest BCUT2D eigenvalue weighted by Crippen LogP contribution is 2.11. The number of aryl methyl sites for hydroxylation is 1. The van der Waals surface area contributed by atoms with Crippen LogP contribution in [0.1, 0.15) is 23.0 Å². The zero-order valence-corrected chi connectivity index (χ0v) is 10.7. The molecule has 0 spiro atoms. The van der Waals surface area contributed by atoms with Crippen LogP contribution in [0.3, 0.4) is 0 Å². The van der Waals surface area contributed by atoms with Gasteiger partial charge in [-0.15, -0.1) is 0 Å². The number of alkyl halides is 1. The standard InChI is InChI=1S/C11H12BrNO3/c1-3-16-11(15)9(12)10(14)8-6-7(2)4-5-13-8/h4-6,9H,3H2,1-2H3. The average Bonchev–Trinajstić information content (AvgIpc) is 2.27. The van der Waals surface area contributed by atoms with Gasteiger partial charge in [0.15, 0.2) is 4.83 Å². The second-order valence-electron chi connectivity index (χ2n) is 3.20. The predicted octanol–water partition coefficient (Wildman–Crippen LogP) is 1.90. The van der Waals surface area contributed by atoms with E-state index in [4.69, 9.17) is 4.74 Å². The number of ketones is 1. The molecule has 86 valence electrons. The molecule has 0 aliphatic rings. The molecule has 0 N–H and O–H groups in total. The maximum atomic E-state index is 11.8. The Balaban J connectivity index is 2.82. The quantitative estimate of drug-likeness (QED) is 0.367. The summed E-state index contributed by atoms with van der Waals surface area (Å²) in [7, 11) is 0. The largest absolute Gasteiger partial charge is 0.465 e. The van der Waals surface area contributed by atoms with Gasteiger partial charge < -0.3 is 4.74 Å². The van der Waals surface area contributed by atoms with Crippen LogP contribution in [-0.2, 0) is 9.53 Å². The van der Waals surface area contributed by atoms with Crippen molar-refractivity contribution in [1.29, 1.82) is 0 Å². The summed E-state index contributed by atoms with van der Waals surface area (Å²) in [5.41, 5.74) is 1.18. The summed E-state index contributed by atoms with van der Waals surface area (Å²) >= 11 is 3.01. The predicted molar refractivity (Wildman–Crippen MR) is 62.7 cm³/mol. The van der Waals surface area contributed by atoms with E-state index < -0.39 is 10.8 Å². The molecule has 0 aliphatic carbocycles. The minimum atomic E-state index is -0.984. The fraction of sp³-hybridized carbons (Fsp3) is 0.364. The number of carbonyl (C=O) groups excluding carboxylic acids is 2. The van der Waals surface area contributed by atoms with Gasteiger partial charge in [0.2, 0.25) is 5.78 Å². The normalized spacial score (nSPS) is 11.9. The van der Waals surface area contributed by atoms with Crippen molar-refractivity contribution in [2.45, 2.75) is 18.7 Å². The first kappa shape index (κ1) is 12.8. The number of carbonyl (C=O) groups is 2. The summed E-state index contributed by atoms with van der Waals surface area (Å²) in [6.45, 7) is 3.79. The number of rotatable bonds is 4. The van der Waals surface area contributed by atoms with E-state index in [1.807, 2.05) is 6.92 Å². The van der Waals surface area contributed by atoms with Crippen LogP contribution in [0.2, 0.25) is 0 Å². The molecule has 16 heavy (non-hydrogen) atoms. The lowest BCUT2D eigenvalue weighted by molar-refractivity contribution is -0.141. The third kappa shape index (κ3) is 3.13. The van der Waals surface area contributed by atoms with E-state index in [1.54, 1.807) is 19.1 Å². The minimum Gasteiger partial charge on any atom is -0.465 e. The van der Waals surface area contributed by atoms with Crippen molar-refractivity contribution < 1.29 is 14.3 Å². The molecule has 0 saturated carbocycles. The van der Waals surface area contributed by atoms with Gasteiger partial charge in [-0.2, -0.15) is 0 Å². The van der Waals surface area contributed by atoms with Crippen molar-refractivity contribution >= 4 is 27.7 Å². The van der Waals surface area contributed by atoms with E-state index in [9.17, 15) is 9.59 Å². The molecule has 0 fully saturated rings. The van der Waals surface area contributed by atoms with E-state index in [0.29, 0.717) is 0 Å². The number of hydrogen-bond donors (Lipinski definition) is 0. The minimum absolute atomic E-state index is 0.245. The van der Waals surface area contributed by atoms with E-state index in [2.05, 4.69) is 20.9 Å². The number of pyridine rings is 1. The summed E-state index contributed by atoms with van der Waals surface area (Å²) in [6, 6.07) is 3.42. The lowest BCUT2D eigenvalue weighted by Gasteiger charge is -2.07. The van der Waals surface area contributed by atoms with Gasteiger partial charge in [-0.05, 0) is 31.5 Å². The van der Waals surface area contributed by atoms with Crippen LogP contribution < -0.4 is 0 Å². The second-order valence-corrected chi connectivity index (χ2v) is 4.11. The number of aromatic nitrogens is 1. The van der Waals surface area contributed by atoms with Gasteiger partial charge in [-0.3, -0.25) is 14.6 Å². The monoisotopic (exact) mass is 285 g/mol. The fourth-order valence-electron chi connectivity index (χ4n) is 1.12. The van der Waals surface area contributed by atoms with Gasteiger partial charge in [0.1, 0.15) is 5.69 Å². The molecule has 1 unspecified atom stereocenters. The van der Waals surface area contributed by atoms with Crippen LogP contribution in [0.15, 0.2) is 18.3 Å². The fourth-order valence-corrected chi connectivity index (χ4v) is 1.49. The van der Waals surface area contributed by atoms with Crippen LogP contribution in [0.4, 0.5) is 0 Å². The Morgan fingerprint density at radius 1 is 1.56 bits per heavy atom. The summed E-state index contributed by atoms with van der Waals surface area (Å²) in [4.78, 5) is 26.1. The average molecular weight is 286 g/mol. The molecule has 0 saturated heterocycles. The Kier molecular flexibility index (Phi) is 4.61. The summed E-state index contributed by atoms with van der Waals surface area (Å²) < 4.78 is 4.74. The van der Waals surface area contributed by atoms with Crippen molar-refractivity contribution in [1.82, 2.24) is 4.98 Å². The van der Waals surface area contributed by atoms with E-state index in [1.165, 1.54) is 6.20 Å². The highest BCUT2D eigenvalue weighted by atomic mass is 79.9. The first-order valence-corrected chi connectivity index (χ1v) is 5.75. The molecule has 5 heteroatoms. The molecule has 1 heterocycles. The molecule has 0 aliphatic heterocycles. The van der Waals surface area contributed by atoms with Gasteiger partial charge in [-0.1, -0.05) is 15.9 Å². The zero-order valence-electron chi connectivity index (χ0n) is 9.07. The highest BCUT2D eigenvalue weighted by Gasteiger charge is 2.26. The maximum Gasteiger partial charge on any atom is 0.327 e. The molecule has 0 aromatic carbocycles. The van der Waals surface area contributed by atoms with Crippen LogP contribution >= 0.6 is 15.9 Å². The SMILES string of the molecule is CCOC(=O)C(Br)C(=O)c1cc(C)ccn1. The number of esters is 1. The van der Waals surface area contributed by atoms with Gasteiger partial charge in [-0.25, -0.2) is 0 Å². The molecule has 1 aromatic heterocycles. The van der Waals surface area contributed by atoms with Crippen molar-refractivity contribution in [2.24, 2.45) is 0 Å². The maximum absolute atomic E-state index is 11.8. The van der Waals surface area contributed by atoms with Crippen LogP contribution in [-0.4, -0.2) is 28.2 Å². The molecule has 1 rings (SSSR count). The Labute approximate surface area is 102 Å². The zero-order chi connectivity index (χ0) is 12.1. The van der Waals surface area contributed by atoms with Crippen molar-refractivity contribution in [3.63, 3.8) is 0 Å². The number of halogens is 1. The van der Waals surface area contributed by atoms with Crippen LogP contribution in [0.25, 0.3) is 0 Å². The van der Waals surface area contributed by atoms with Gasteiger partial charge in [0.05, 0.1) is 6.61 Å². The van der Waals surface area contributed by atoms with E-state index in [-0.39, 0.29) is 18.1 Å². The molecule has 1 aromatic rings. The van der Waals surface area contributed by atoms with Gasteiger partial charge in [0.25, 0.3) is 0 Å². The van der Waals surface area contributed by atoms with Crippen LogP contribution in [0, 0.1) is 6.92 Å². The highest BCUT2D eigenvalue weighted by molar-refractivity contribution is 9.10. The Hall–Kier alpha value is -1.23. The molecule has 1 atom stereocenters. The smallest absolute Gasteiger partial charge is 0.327 e. The number of Topliss-reactive ketones (excluding diaryl/α,β-unsaturated/α-hetero) is 1. The third-order valence-electron chi connectivity index (χ3n) is 1.89. The first-order valence-electron chi connectivity index (χ1n) is 4.83. The van der Waals surface area contributed by atoms with Gasteiger partial charge in [0, 0.05) is 6.20 Å². The number of hydrogen-bond acceptors (Lipinski definition) is 4. The van der Waals surface area contributed by atoms with Gasteiger partial charge >= 0.3 is 5.97 Å². The van der Waals surface area contributed by atoms with Crippen molar-refractivity contribution in [2.75, 3.05) is 6.61 Å². The van der Waals surface area contributed by atoms with Crippen molar-refractivity contribution in [3.05, 3.63) is 29.6 Å². The summed E-state index contributed by atoms with van der Waals surface area (Å²) in [5.74, 6) is -0.974. The van der Waals surface area contributed by atoms with Crippen molar-refractivity contribution in [3.8, 4) is 0 Å². The first-order chi connectivity index (χ1) is 7.56. The number of ether oxygens (including phenoxy) is 1. The van der Waals surface area contributed by atoms with E-state index >= 15 is 0 Å². The topological polar surface area (TPSA) is 56.3 Å². The molecule has 0 amide bonds. The second kappa shape index (κ2) is 5.75. The third-order valence-corrected chi connectivity index (χ3v) is 2.68. The molecule has 0 bridgehead atoms. The van der Waals surface area contributed by atoms with Crippen LogP contribution in [0.5, 0.6) is 0 Å². The molecule has 0 radical (unpaired) electrons. The molecular formula is C11H12BrNO3. The summed E-state index contributed by atoms with van der Waals surface area (Å²) in [6.07, 6.45) is 1.54. The lowest BCUT2D eigenvalue weighted by Crippen LogP contribution is -2.27. The Bertz CT molecular complexity index is 406. The molecular weight excluding hydrogens is 274 g/mol. The Morgan fingerprint density at radius 2 is 2.25 bits per heavy atom.